The van der Waals surface area contributed by atoms with E-state index in [2.05, 4.69) is 34.5 Å². The number of hydrogen-bond acceptors (Lipinski definition) is 4. The lowest BCUT2D eigenvalue weighted by molar-refractivity contribution is -0.132. The molecule has 0 aromatic heterocycles. The number of anilines is 1. The number of imide groups is 1. The third-order valence-electron chi connectivity index (χ3n) is 7.11. The van der Waals surface area contributed by atoms with Crippen molar-refractivity contribution in [2.24, 2.45) is 0 Å². The molecule has 3 aromatic rings. The number of urea groups is 1. The molecule has 2 aliphatic rings. The smallest absolute Gasteiger partial charge is 0.326 e. The first-order valence-electron chi connectivity index (χ1n) is 12.1. The van der Waals surface area contributed by atoms with Crippen LogP contribution in [-0.4, -0.2) is 48.5 Å². The van der Waals surface area contributed by atoms with E-state index >= 15 is 0 Å². The van der Waals surface area contributed by atoms with Crippen molar-refractivity contribution in [2.75, 3.05) is 31.7 Å². The molecule has 0 saturated carbocycles. The van der Waals surface area contributed by atoms with Gasteiger partial charge in [0, 0.05) is 25.3 Å². The van der Waals surface area contributed by atoms with Crippen LogP contribution in [0, 0.1) is 0 Å². The SMILES string of the molecule is CN(Cc1ccccc1N1CCCCC1)CN1C(=O)NC(C)(c2ccc3ccccc3c2)C1=O. The Bertz CT molecular complexity index is 1220. The summed E-state index contributed by atoms with van der Waals surface area (Å²) in [4.78, 5) is 32.2. The molecule has 0 spiro atoms. The number of para-hydroxylation sites is 1. The molecular formula is C28H32N4O2. The third-order valence-corrected chi connectivity index (χ3v) is 7.11. The lowest BCUT2D eigenvalue weighted by atomic mass is 9.90. The Morgan fingerprint density at radius 3 is 2.41 bits per heavy atom. The van der Waals surface area contributed by atoms with Gasteiger partial charge in [0.15, 0.2) is 0 Å². The van der Waals surface area contributed by atoms with Gasteiger partial charge in [0.05, 0.1) is 6.67 Å². The quantitative estimate of drug-likeness (QED) is 0.547. The number of nitrogens with zero attached hydrogens (tertiary/aromatic N) is 3. The van der Waals surface area contributed by atoms with Gasteiger partial charge in [0.1, 0.15) is 5.54 Å². The highest BCUT2D eigenvalue weighted by molar-refractivity contribution is 6.07. The molecular weight excluding hydrogens is 424 g/mol. The molecule has 1 atom stereocenters. The number of nitrogens with one attached hydrogen (secondary N) is 1. The summed E-state index contributed by atoms with van der Waals surface area (Å²) in [5.41, 5.74) is 2.20. The van der Waals surface area contributed by atoms with Gasteiger partial charge in [-0.1, -0.05) is 54.6 Å². The summed E-state index contributed by atoms with van der Waals surface area (Å²) in [5, 5.41) is 5.10. The van der Waals surface area contributed by atoms with E-state index in [0.717, 1.165) is 29.4 Å². The fraction of sp³-hybridized carbons (Fsp3) is 0.357. The molecule has 3 aromatic carbocycles. The summed E-state index contributed by atoms with van der Waals surface area (Å²) >= 11 is 0. The van der Waals surface area contributed by atoms with Crippen LogP contribution in [0.15, 0.2) is 66.7 Å². The highest BCUT2D eigenvalue weighted by atomic mass is 16.2. The molecule has 2 aliphatic heterocycles. The molecule has 2 saturated heterocycles. The lowest BCUT2D eigenvalue weighted by Gasteiger charge is -2.32. The first-order chi connectivity index (χ1) is 16.5. The van der Waals surface area contributed by atoms with Gasteiger partial charge in [-0.3, -0.25) is 9.69 Å². The van der Waals surface area contributed by atoms with Crippen LogP contribution in [0.4, 0.5) is 10.5 Å². The summed E-state index contributed by atoms with van der Waals surface area (Å²) < 4.78 is 0. The molecule has 2 fully saturated rings. The first-order valence-corrected chi connectivity index (χ1v) is 12.1. The maximum absolute atomic E-state index is 13.5. The van der Waals surface area contributed by atoms with Crippen LogP contribution in [0.1, 0.15) is 37.3 Å². The predicted molar refractivity (Wildman–Crippen MR) is 136 cm³/mol. The number of hydrogen-bond donors (Lipinski definition) is 1. The van der Waals surface area contributed by atoms with Gasteiger partial charge in [-0.2, -0.15) is 0 Å². The second-order valence-electron chi connectivity index (χ2n) is 9.68. The Morgan fingerprint density at radius 1 is 0.912 bits per heavy atom. The molecule has 3 amide bonds. The highest BCUT2D eigenvalue weighted by Gasteiger charge is 2.49. The van der Waals surface area contributed by atoms with Gasteiger partial charge < -0.3 is 10.2 Å². The van der Waals surface area contributed by atoms with E-state index in [1.165, 1.54) is 35.4 Å². The average Bonchev–Trinajstić information content (AvgIpc) is 3.08. The number of carbonyl (C=O) groups excluding carboxylic acids is 2. The molecule has 1 unspecified atom stereocenters. The van der Waals surface area contributed by atoms with Crippen molar-refractivity contribution in [3.63, 3.8) is 0 Å². The van der Waals surface area contributed by atoms with Crippen LogP contribution in [0.2, 0.25) is 0 Å². The Hall–Kier alpha value is -3.38. The van der Waals surface area contributed by atoms with Crippen LogP contribution >= 0.6 is 0 Å². The predicted octanol–water partition coefficient (Wildman–Crippen LogP) is 4.69. The molecule has 34 heavy (non-hydrogen) atoms. The first kappa shape index (κ1) is 22.4. The minimum atomic E-state index is -1.08. The van der Waals surface area contributed by atoms with E-state index in [9.17, 15) is 9.59 Å². The molecule has 176 valence electrons. The molecule has 5 rings (SSSR count). The zero-order chi connectivity index (χ0) is 23.7. The molecule has 0 radical (unpaired) electrons. The van der Waals surface area contributed by atoms with Gasteiger partial charge in [0.2, 0.25) is 0 Å². The zero-order valence-electron chi connectivity index (χ0n) is 20.0. The van der Waals surface area contributed by atoms with Crippen LogP contribution in [0.3, 0.4) is 0 Å². The van der Waals surface area contributed by atoms with Crippen LogP contribution in [0.25, 0.3) is 10.8 Å². The molecule has 0 aliphatic carbocycles. The van der Waals surface area contributed by atoms with Crippen molar-refractivity contribution in [1.82, 2.24) is 15.1 Å². The van der Waals surface area contributed by atoms with Crippen molar-refractivity contribution < 1.29 is 9.59 Å². The normalized spacial score (nSPS) is 20.9. The van der Waals surface area contributed by atoms with E-state index in [1.807, 2.05) is 54.4 Å². The number of rotatable bonds is 6. The van der Waals surface area contributed by atoms with Gasteiger partial charge in [0.25, 0.3) is 5.91 Å². The number of piperidine rings is 1. The second kappa shape index (κ2) is 9.11. The van der Waals surface area contributed by atoms with Crippen molar-refractivity contribution in [3.05, 3.63) is 77.9 Å². The monoisotopic (exact) mass is 456 g/mol. The number of benzene rings is 3. The van der Waals surface area contributed by atoms with Crippen molar-refractivity contribution >= 4 is 28.4 Å². The topological polar surface area (TPSA) is 55.9 Å². The highest BCUT2D eigenvalue weighted by Crippen LogP contribution is 2.31. The number of fused-ring (bicyclic) bond motifs is 1. The van der Waals surface area contributed by atoms with E-state index < -0.39 is 5.54 Å². The van der Waals surface area contributed by atoms with Gasteiger partial charge in [-0.15, -0.1) is 0 Å². The molecule has 6 heteroatoms. The molecule has 1 N–H and O–H groups in total. The Balaban J connectivity index is 1.32. The van der Waals surface area contributed by atoms with Crippen molar-refractivity contribution in [2.45, 2.75) is 38.3 Å². The third kappa shape index (κ3) is 4.14. The summed E-state index contributed by atoms with van der Waals surface area (Å²) in [5.74, 6) is -0.219. The Morgan fingerprint density at radius 2 is 1.62 bits per heavy atom. The number of amides is 3. The van der Waals surface area contributed by atoms with E-state index in [4.69, 9.17) is 0 Å². The fourth-order valence-electron chi connectivity index (χ4n) is 5.19. The maximum atomic E-state index is 13.5. The van der Waals surface area contributed by atoms with Crippen LogP contribution < -0.4 is 10.2 Å². The van der Waals surface area contributed by atoms with Gasteiger partial charge in [-0.05, 0) is 67.3 Å². The summed E-state index contributed by atoms with van der Waals surface area (Å²) in [6.45, 7) is 4.86. The summed E-state index contributed by atoms with van der Waals surface area (Å²) in [6, 6.07) is 22.1. The van der Waals surface area contributed by atoms with E-state index in [1.54, 1.807) is 6.92 Å². The zero-order valence-corrected chi connectivity index (χ0v) is 20.0. The molecule has 6 nitrogen and oxygen atoms in total. The average molecular weight is 457 g/mol. The van der Waals surface area contributed by atoms with Gasteiger partial charge in [-0.25, -0.2) is 9.69 Å². The second-order valence-corrected chi connectivity index (χ2v) is 9.68. The summed E-state index contributed by atoms with van der Waals surface area (Å²) in [6.07, 6.45) is 3.74. The molecule has 2 heterocycles. The standard InChI is InChI=1S/C28H32N4O2/c1-28(24-15-14-21-10-4-5-11-22(21)18-24)26(33)32(27(34)29-28)20-30(2)19-23-12-6-7-13-25(23)31-16-8-3-9-17-31/h4-7,10-15,18H,3,8-9,16-17,19-20H2,1-2H3,(H,29,34). The van der Waals surface area contributed by atoms with Crippen molar-refractivity contribution in [3.8, 4) is 0 Å². The Labute approximate surface area is 201 Å². The van der Waals surface area contributed by atoms with Crippen molar-refractivity contribution in [1.29, 1.82) is 0 Å². The largest absolute Gasteiger partial charge is 0.371 e. The van der Waals surface area contributed by atoms with E-state index in [0.29, 0.717) is 6.54 Å². The van der Waals surface area contributed by atoms with Crippen LogP contribution in [0.5, 0.6) is 0 Å². The lowest BCUT2D eigenvalue weighted by Crippen LogP contribution is -2.43. The number of carbonyl (C=O) groups is 2. The Kier molecular flexibility index (Phi) is 6.00. The summed E-state index contributed by atoms with van der Waals surface area (Å²) in [7, 11) is 1.96. The van der Waals surface area contributed by atoms with Gasteiger partial charge >= 0.3 is 6.03 Å². The fourth-order valence-corrected chi connectivity index (χ4v) is 5.19. The van der Waals surface area contributed by atoms with Crippen LogP contribution in [-0.2, 0) is 16.9 Å². The van der Waals surface area contributed by atoms with E-state index in [-0.39, 0.29) is 18.6 Å². The molecule has 0 bridgehead atoms. The minimum absolute atomic E-state index is 0.219. The minimum Gasteiger partial charge on any atom is -0.371 e. The maximum Gasteiger partial charge on any atom is 0.326 e.